The highest BCUT2D eigenvalue weighted by Gasteiger charge is 2.09. The van der Waals surface area contributed by atoms with Crippen molar-refractivity contribution < 1.29 is 4.74 Å². The Morgan fingerprint density at radius 1 is 1.24 bits per heavy atom. The first-order chi connectivity index (χ1) is 8.04. The molecule has 2 unspecified atom stereocenters. The number of methoxy groups -OCH3 is 1. The van der Waals surface area contributed by atoms with Crippen molar-refractivity contribution in [2.45, 2.75) is 33.7 Å². The van der Waals surface area contributed by atoms with Crippen LogP contribution in [-0.2, 0) is 4.74 Å². The number of benzene rings is 1. The van der Waals surface area contributed by atoms with E-state index in [1.54, 1.807) is 7.11 Å². The molecule has 1 aromatic carbocycles. The maximum absolute atomic E-state index is 5.14. The average molecular weight is 235 g/mol. The zero-order valence-electron chi connectivity index (χ0n) is 11.7. The second-order valence-corrected chi connectivity index (χ2v) is 5.05. The van der Waals surface area contributed by atoms with E-state index in [1.807, 2.05) is 0 Å². The summed E-state index contributed by atoms with van der Waals surface area (Å²) >= 11 is 0. The van der Waals surface area contributed by atoms with Gasteiger partial charge in [-0.1, -0.05) is 30.7 Å². The van der Waals surface area contributed by atoms with Crippen molar-refractivity contribution in [3.05, 3.63) is 34.9 Å². The normalized spacial score (nSPS) is 14.6. The molecule has 0 aliphatic rings. The summed E-state index contributed by atoms with van der Waals surface area (Å²) in [4.78, 5) is 0. The zero-order chi connectivity index (χ0) is 12.8. The molecule has 0 bridgehead atoms. The lowest BCUT2D eigenvalue weighted by molar-refractivity contribution is 0.157. The van der Waals surface area contributed by atoms with Gasteiger partial charge in [0.25, 0.3) is 0 Å². The van der Waals surface area contributed by atoms with Gasteiger partial charge in [-0.25, -0.2) is 0 Å². The lowest BCUT2D eigenvalue weighted by Gasteiger charge is -2.19. The fraction of sp³-hybridized carbons (Fsp3) is 0.600. The van der Waals surface area contributed by atoms with Gasteiger partial charge < -0.3 is 10.1 Å². The first kappa shape index (κ1) is 14.2. The largest absolute Gasteiger partial charge is 0.384 e. The minimum Gasteiger partial charge on any atom is -0.384 e. The first-order valence-corrected chi connectivity index (χ1v) is 6.34. The predicted octanol–water partition coefficient (Wildman–Crippen LogP) is 3.24. The molecule has 2 heteroatoms. The molecule has 1 aromatic rings. The van der Waals surface area contributed by atoms with Crippen LogP contribution in [0.5, 0.6) is 0 Å². The van der Waals surface area contributed by atoms with Crippen molar-refractivity contribution >= 4 is 0 Å². The molecule has 0 aliphatic heterocycles. The van der Waals surface area contributed by atoms with Crippen LogP contribution >= 0.6 is 0 Å². The predicted molar refractivity (Wildman–Crippen MR) is 73.4 cm³/mol. The Labute approximate surface area is 105 Å². The monoisotopic (exact) mass is 235 g/mol. The van der Waals surface area contributed by atoms with Crippen LogP contribution in [0.4, 0.5) is 0 Å². The third-order valence-electron chi connectivity index (χ3n) is 3.12. The Kier molecular flexibility index (Phi) is 5.66. The van der Waals surface area contributed by atoms with Crippen molar-refractivity contribution in [3.8, 4) is 0 Å². The average Bonchev–Trinajstić information content (AvgIpc) is 2.29. The Morgan fingerprint density at radius 3 is 2.59 bits per heavy atom. The van der Waals surface area contributed by atoms with Gasteiger partial charge in [-0.2, -0.15) is 0 Å². The lowest BCUT2D eigenvalue weighted by atomic mass is 9.99. The first-order valence-electron chi connectivity index (χ1n) is 6.34. The van der Waals surface area contributed by atoms with Crippen LogP contribution in [0.3, 0.4) is 0 Å². The summed E-state index contributed by atoms with van der Waals surface area (Å²) in [5.41, 5.74) is 4.08. The molecule has 17 heavy (non-hydrogen) atoms. The summed E-state index contributed by atoms with van der Waals surface area (Å²) < 4.78 is 5.14. The van der Waals surface area contributed by atoms with Crippen LogP contribution in [0.15, 0.2) is 18.2 Å². The van der Waals surface area contributed by atoms with E-state index < -0.39 is 0 Å². The van der Waals surface area contributed by atoms with Crippen molar-refractivity contribution in [1.29, 1.82) is 0 Å². The number of hydrogen-bond donors (Lipinski definition) is 1. The summed E-state index contributed by atoms with van der Waals surface area (Å²) in [6.07, 6.45) is 0. The van der Waals surface area contributed by atoms with Crippen molar-refractivity contribution in [2.75, 3.05) is 20.3 Å². The molecule has 0 spiro atoms. The Bertz CT molecular complexity index is 349. The molecular weight excluding hydrogens is 210 g/mol. The van der Waals surface area contributed by atoms with Gasteiger partial charge in [0.1, 0.15) is 0 Å². The molecule has 0 aromatic heterocycles. The highest BCUT2D eigenvalue weighted by atomic mass is 16.5. The van der Waals surface area contributed by atoms with E-state index in [4.69, 9.17) is 4.74 Å². The molecule has 0 radical (unpaired) electrons. The van der Waals surface area contributed by atoms with Gasteiger partial charge in [-0.15, -0.1) is 0 Å². The molecule has 0 heterocycles. The molecule has 1 rings (SSSR count). The van der Waals surface area contributed by atoms with Gasteiger partial charge in [-0.05, 0) is 37.8 Å². The molecular formula is C15H25NO. The Balaban J connectivity index is 2.57. The standard InChI is InChI=1S/C15H25NO/c1-11-6-7-13(3)15(8-11)14(4)16-9-12(2)10-17-5/h6-8,12,14,16H,9-10H2,1-5H3. The molecule has 0 saturated heterocycles. The van der Waals surface area contributed by atoms with Crippen LogP contribution in [0.1, 0.15) is 36.6 Å². The van der Waals surface area contributed by atoms with Gasteiger partial charge in [0, 0.05) is 26.3 Å². The number of ether oxygens (including phenoxy) is 1. The summed E-state index contributed by atoms with van der Waals surface area (Å²) in [6.45, 7) is 10.5. The van der Waals surface area contributed by atoms with Crippen molar-refractivity contribution in [3.63, 3.8) is 0 Å². The molecule has 2 atom stereocenters. The second kappa shape index (κ2) is 6.77. The zero-order valence-corrected chi connectivity index (χ0v) is 11.7. The van der Waals surface area contributed by atoms with E-state index in [0.717, 1.165) is 13.2 Å². The number of nitrogens with one attached hydrogen (secondary N) is 1. The van der Waals surface area contributed by atoms with Crippen molar-refractivity contribution in [2.24, 2.45) is 5.92 Å². The van der Waals surface area contributed by atoms with E-state index in [0.29, 0.717) is 12.0 Å². The molecule has 1 N–H and O–H groups in total. The lowest BCUT2D eigenvalue weighted by Crippen LogP contribution is -2.27. The summed E-state index contributed by atoms with van der Waals surface area (Å²) in [6, 6.07) is 7.03. The van der Waals surface area contributed by atoms with E-state index in [9.17, 15) is 0 Å². The minimum absolute atomic E-state index is 0.397. The smallest absolute Gasteiger partial charge is 0.0499 e. The van der Waals surface area contributed by atoms with Gasteiger partial charge in [0.05, 0.1) is 0 Å². The number of rotatable bonds is 6. The van der Waals surface area contributed by atoms with E-state index in [2.05, 4.69) is 51.2 Å². The number of hydrogen-bond acceptors (Lipinski definition) is 2. The third kappa shape index (κ3) is 4.49. The quantitative estimate of drug-likeness (QED) is 0.817. The fourth-order valence-electron chi connectivity index (χ4n) is 2.06. The molecule has 0 saturated carbocycles. The highest BCUT2D eigenvalue weighted by Crippen LogP contribution is 2.18. The van der Waals surface area contributed by atoms with Crippen LogP contribution in [0.2, 0.25) is 0 Å². The van der Waals surface area contributed by atoms with Gasteiger partial charge >= 0.3 is 0 Å². The molecule has 0 fully saturated rings. The van der Waals surface area contributed by atoms with Gasteiger partial charge in [0.2, 0.25) is 0 Å². The summed E-state index contributed by atoms with van der Waals surface area (Å²) in [5, 5.41) is 3.57. The molecule has 0 amide bonds. The van der Waals surface area contributed by atoms with Gasteiger partial charge in [0.15, 0.2) is 0 Å². The summed E-state index contributed by atoms with van der Waals surface area (Å²) in [7, 11) is 1.75. The molecule has 2 nitrogen and oxygen atoms in total. The van der Waals surface area contributed by atoms with Crippen molar-refractivity contribution in [1.82, 2.24) is 5.32 Å². The molecule has 96 valence electrons. The maximum atomic E-state index is 5.14. The highest BCUT2D eigenvalue weighted by molar-refractivity contribution is 5.32. The Morgan fingerprint density at radius 2 is 1.94 bits per heavy atom. The Hall–Kier alpha value is -0.860. The second-order valence-electron chi connectivity index (χ2n) is 5.05. The van der Waals surface area contributed by atoms with E-state index >= 15 is 0 Å². The minimum atomic E-state index is 0.397. The third-order valence-corrected chi connectivity index (χ3v) is 3.12. The maximum Gasteiger partial charge on any atom is 0.0499 e. The number of aryl methyl sites for hydroxylation is 2. The topological polar surface area (TPSA) is 21.3 Å². The van der Waals surface area contributed by atoms with E-state index in [-0.39, 0.29) is 0 Å². The van der Waals surface area contributed by atoms with E-state index in [1.165, 1.54) is 16.7 Å². The summed E-state index contributed by atoms with van der Waals surface area (Å²) in [5.74, 6) is 0.549. The SMILES string of the molecule is COCC(C)CNC(C)c1cc(C)ccc1C. The van der Waals surface area contributed by atoms with Crippen LogP contribution in [-0.4, -0.2) is 20.3 Å². The van der Waals surface area contributed by atoms with Crippen LogP contribution in [0.25, 0.3) is 0 Å². The van der Waals surface area contributed by atoms with Crippen LogP contribution in [0, 0.1) is 19.8 Å². The van der Waals surface area contributed by atoms with Crippen LogP contribution < -0.4 is 5.32 Å². The fourth-order valence-corrected chi connectivity index (χ4v) is 2.06. The molecule has 0 aliphatic carbocycles. The van der Waals surface area contributed by atoms with Gasteiger partial charge in [-0.3, -0.25) is 0 Å².